The molecule has 0 unspecified atom stereocenters. The van der Waals surface area contributed by atoms with E-state index in [1.54, 1.807) is 24.3 Å². The van der Waals surface area contributed by atoms with E-state index in [1.165, 1.54) is 19.1 Å². The zero-order valence-corrected chi connectivity index (χ0v) is 14.5. The predicted molar refractivity (Wildman–Crippen MR) is 96.0 cm³/mol. The topological polar surface area (TPSA) is 84.0 Å². The van der Waals surface area contributed by atoms with Crippen molar-refractivity contribution >= 4 is 29.0 Å². The standard InChI is InChI=1S/C19H13F3N4O2/c1-10(27)11-3-2-4-12(9-11)23-15-7-8-16(26-25-15)24-19(28)13-5-6-14(20)18(22)17(13)21/h2-9H,1H3,(H,23,25)(H,24,26,28). The fourth-order valence-corrected chi connectivity index (χ4v) is 2.31. The van der Waals surface area contributed by atoms with Crippen molar-refractivity contribution in [2.24, 2.45) is 0 Å². The summed E-state index contributed by atoms with van der Waals surface area (Å²) in [6.45, 7) is 1.45. The van der Waals surface area contributed by atoms with Gasteiger partial charge < -0.3 is 10.6 Å². The normalized spacial score (nSPS) is 10.4. The maximum atomic E-state index is 13.7. The van der Waals surface area contributed by atoms with Crippen LogP contribution in [-0.2, 0) is 0 Å². The molecule has 0 aliphatic heterocycles. The van der Waals surface area contributed by atoms with Crippen molar-refractivity contribution in [3.8, 4) is 0 Å². The van der Waals surface area contributed by atoms with Gasteiger partial charge in [-0.1, -0.05) is 12.1 Å². The maximum absolute atomic E-state index is 13.7. The van der Waals surface area contributed by atoms with Crippen LogP contribution in [-0.4, -0.2) is 21.9 Å². The molecule has 1 aromatic heterocycles. The van der Waals surface area contributed by atoms with Gasteiger partial charge in [0.1, 0.15) is 0 Å². The third kappa shape index (κ3) is 4.14. The highest BCUT2D eigenvalue weighted by molar-refractivity contribution is 6.04. The summed E-state index contributed by atoms with van der Waals surface area (Å²) < 4.78 is 39.9. The van der Waals surface area contributed by atoms with Crippen LogP contribution in [0.15, 0.2) is 48.5 Å². The fourth-order valence-electron chi connectivity index (χ4n) is 2.31. The fraction of sp³-hybridized carbons (Fsp3) is 0.0526. The summed E-state index contributed by atoms with van der Waals surface area (Å²) in [6, 6.07) is 11.1. The Labute approximate surface area is 157 Å². The van der Waals surface area contributed by atoms with E-state index in [9.17, 15) is 22.8 Å². The van der Waals surface area contributed by atoms with Gasteiger partial charge in [-0.2, -0.15) is 0 Å². The Balaban J connectivity index is 1.71. The van der Waals surface area contributed by atoms with E-state index in [2.05, 4.69) is 20.8 Å². The molecule has 0 radical (unpaired) electrons. The van der Waals surface area contributed by atoms with Crippen LogP contribution in [0.2, 0.25) is 0 Å². The minimum absolute atomic E-state index is 0.0165. The Kier molecular flexibility index (Phi) is 5.35. The lowest BCUT2D eigenvalue weighted by molar-refractivity contribution is 0.101. The summed E-state index contributed by atoms with van der Waals surface area (Å²) in [4.78, 5) is 23.4. The van der Waals surface area contributed by atoms with Crippen LogP contribution >= 0.6 is 0 Å². The van der Waals surface area contributed by atoms with Gasteiger partial charge >= 0.3 is 0 Å². The molecule has 1 heterocycles. The first kappa shape index (κ1) is 19.0. The van der Waals surface area contributed by atoms with E-state index in [-0.39, 0.29) is 11.6 Å². The number of ketones is 1. The number of Topliss-reactive ketones (excluding diaryl/α,β-unsaturated/α-hetero) is 1. The van der Waals surface area contributed by atoms with E-state index in [1.807, 2.05) is 0 Å². The Morgan fingerprint density at radius 1 is 0.893 bits per heavy atom. The number of rotatable bonds is 5. The van der Waals surface area contributed by atoms with Gasteiger partial charge in [0.25, 0.3) is 5.91 Å². The molecule has 6 nitrogen and oxygen atoms in total. The highest BCUT2D eigenvalue weighted by Gasteiger charge is 2.19. The minimum atomic E-state index is -1.73. The SMILES string of the molecule is CC(=O)c1cccc(Nc2ccc(NC(=O)c3ccc(F)c(F)c3F)nn2)c1. The van der Waals surface area contributed by atoms with Gasteiger partial charge in [0.2, 0.25) is 0 Å². The van der Waals surface area contributed by atoms with E-state index in [4.69, 9.17) is 0 Å². The third-order valence-corrected chi connectivity index (χ3v) is 3.73. The number of hydrogen-bond acceptors (Lipinski definition) is 5. The van der Waals surface area contributed by atoms with E-state index < -0.39 is 28.9 Å². The molecule has 28 heavy (non-hydrogen) atoms. The molecule has 3 aromatic rings. The third-order valence-electron chi connectivity index (χ3n) is 3.73. The van der Waals surface area contributed by atoms with E-state index >= 15 is 0 Å². The molecule has 0 aliphatic carbocycles. The van der Waals surface area contributed by atoms with Crippen LogP contribution in [0.25, 0.3) is 0 Å². The number of benzene rings is 2. The number of carbonyl (C=O) groups is 2. The molecule has 0 fully saturated rings. The first-order valence-corrected chi connectivity index (χ1v) is 8.02. The average molecular weight is 386 g/mol. The van der Waals surface area contributed by atoms with Crippen molar-refractivity contribution < 1.29 is 22.8 Å². The lowest BCUT2D eigenvalue weighted by Gasteiger charge is -2.08. The Morgan fingerprint density at radius 2 is 1.61 bits per heavy atom. The number of aromatic nitrogens is 2. The van der Waals surface area contributed by atoms with Gasteiger partial charge in [0.15, 0.2) is 34.9 Å². The summed E-state index contributed by atoms with van der Waals surface area (Å²) in [5.74, 6) is -5.48. The summed E-state index contributed by atoms with van der Waals surface area (Å²) in [5.41, 5.74) is 0.474. The van der Waals surface area contributed by atoms with Gasteiger partial charge in [-0.3, -0.25) is 9.59 Å². The first-order valence-electron chi connectivity index (χ1n) is 8.02. The molecule has 9 heteroatoms. The summed E-state index contributed by atoms with van der Waals surface area (Å²) in [5, 5.41) is 12.8. The van der Waals surface area contributed by atoms with Gasteiger partial charge in [-0.25, -0.2) is 13.2 Å². The largest absolute Gasteiger partial charge is 0.339 e. The highest BCUT2D eigenvalue weighted by Crippen LogP contribution is 2.18. The second-order valence-electron chi connectivity index (χ2n) is 5.74. The molecule has 0 aliphatic rings. The lowest BCUT2D eigenvalue weighted by Crippen LogP contribution is -2.16. The van der Waals surface area contributed by atoms with Gasteiger partial charge in [-0.15, -0.1) is 10.2 Å². The van der Waals surface area contributed by atoms with Crippen molar-refractivity contribution in [1.82, 2.24) is 10.2 Å². The molecule has 142 valence electrons. The Hall–Kier alpha value is -3.75. The van der Waals surface area contributed by atoms with Crippen LogP contribution in [0.4, 0.5) is 30.5 Å². The van der Waals surface area contributed by atoms with Crippen LogP contribution in [0.1, 0.15) is 27.6 Å². The van der Waals surface area contributed by atoms with E-state index in [0.29, 0.717) is 23.1 Å². The molecule has 0 saturated carbocycles. The molecule has 0 saturated heterocycles. The number of amides is 1. The Bertz CT molecular complexity index is 1060. The first-order chi connectivity index (χ1) is 13.3. The molecule has 1 amide bonds. The van der Waals surface area contributed by atoms with Crippen LogP contribution in [0, 0.1) is 17.5 Å². The smallest absolute Gasteiger partial charge is 0.259 e. The van der Waals surface area contributed by atoms with Crippen molar-refractivity contribution in [2.45, 2.75) is 6.92 Å². The molecular weight excluding hydrogens is 373 g/mol. The zero-order chi connectivity index (χ0) is 20.3. The minimum Gasteiger partial charge on any atom is -0.339 e. The number of nitrogens with one attached hydrogen (secondary N) is 2. The maximum Gasteiger partial charge on any atom is 0.259 e. The molecule has 2 N–H and O–H groups in total. The average Bonchev–Trinajstić information content (AvgIpc) is 2.68. The quantitative estimate of drug-likeness (QED) is 0.510. The van der Waals surface area contributed by atoms with Crippen molar-refractivity contribution in [3.63, 3.8) is 0 Å². The van der Waals surface area contributed by atoms with Crippen molar-refractivity contribution in [2.75, 3.05) is 10.6 Å². The number of carbonyl (C=O) groups excluding carboxylic acids is 2. The number of anilines is 3. The number of halogens is 3. The predicted octanol–water partition coefficient (Wildman–Crippen LogP) is 4.09. The van der Waals surface area contributed by atoms with E-state index in [0.717, 1.165) is 6.07 Å². The van der Waals surface area contributed by atoms with Crippen LogP contribution in [0.3, 0.4) is 0 Å². The zero-order valence-electron chi connectivity index (χ0n) is 14.5. The molecule has 3 rings (SSSR count). The monoisotopic (exact) mass is 386 g/mol. The van der Waals surface area contributed by atoms with Crippen LogP contribution < -0.4 is 10.6 Å². The number of nitrogens with zero attached hydrogens (tertiary/aromatic N) is 2. The molecule has 0 spiro atoms. The van der Waals surface area contributed by atoms with Gasteiger partial charge in [0, 0.05) is 11.3 Å². The number of hydrogen-bond donors (Lipinski definition) is 2. The molecule has 0 bridgehead atoms. The highest BCUT2D eigenvalue weighted by atomic mass is 19.2. The van der Waals surface area contributed by atoms with Gasteiger partial charge in [-0.05, 0) is 43.3 Å². The second-order valence-corrected chi connectivity index (χ2v) is 5.74. The summed E-state index contributed by atoms with van der Waals surface area (Å²) >= 11 is 0. The molecule has 0 atom stereocenters. The molecule has 2 aromatic carbocycles. The molecular formula is C19H13F3N4O2. The summed E-state index contributed by atoms with van der Waals surface area (Å²) in [6.07, 6.45) is 0. The Morgan fingerprint density at radius 3 is 2.29 bits per heavy atom. The van der Waals surface area contributed by atoms with Crippen molar-refractivity contribution in [1.29, 1.82) is 0 Å². The van der Waals surface area contributed by atoms with Gasteiger partial charge in [0.05, 0.1) is 5.56 Å². The van der Waals surface area contributed by atoms with Crippen LogP contribution in [0.5, 0.6) is 0 Å². The summed E-state index contributed by atoms with van der Waals surface area (Å²) in [7, 11) is 0. The van der Waals surface area contributed by atoms with Crippen molar-refractivity contribution in [3.05, 3.63) is 77.1 Å². The lowest BCUT2D eigenvalue weighted by atomic mass is 10.1. The second kappa shape index (κ2) is 7.87.